The maximum absolute atomic E-state index is 11.3. The predicted octanol–water partition coefficient (Wildman–Crippen LogP) is 0.848. The van der Waals surface area contributed by atoms with Crippen LogP contribution in [0.3, 0.4) is 0 Å². The molecule has 0 amide bonds. The number of ether oxygens (including phenoxy) is 1. The second-order valence-electron chi connectivity index (χ2n) is 3.00. The highest BCUT2D eigenvalue weighted by atomic mass is 16.5. The number of carbonyl (C=O) groups is 1. The fourth-order valence-corrected chi connectivity index (χ4v) is 1.28. The first-order chi connectivity index (χ1) is 7.16. The van der Waals surface area contributed by atoms with E-state index >= 15 is 0 Å². The number of aromatic amines is 1. The fourth-order valence-electron chi connectivity index (χ4n) is 1.28. The van der Waals surface area contributed by atoms with Gasteiger partial charge in [0.1, 0.15) is 5.75 Å². The molecule has 76 valence electrons. The Kier molecular flexibility index (Phi) is 2.21. The SMILES string of the molecule is CC(=O)Oc1ccc2c(=O)[nH]cnc2c1. The molecule has 2 aromatic rings. The lowest BCUT2D eigenvalue weighted by Crippen LogP contribution is -2.07. The summed E-state index contributed by atoms with van der Waals surface area (Å²) in [5.74, 6) is -0.0210. The van der Waals surface area contributed by atoms with E-state index in [1.165, 1.54) is 13.3 Å². The zero-order valence-electron chi connectivity index (χ0n) is 7.98. The summed E-state index contributed by atoms with van der Waals surface area (Å²) < 4.78 is 4.87. The number of hydrogen-bond donors (Lipinski definition) is 1. The first-order valence-electron chi connectivity index (χ1n) is 4.33. The molecule has 0 aliphatic carbocycles. The monoisotopic (exact) mass is 204 g/mol. The van der Waals surface area contributed by atoms with Gasteiger partial charge in [0.05, 0.1) is 17.2 Å². The Morgan fingerprint density at radius 3 is 3.00 bits per heavy atom. The second-order valence-corrected chi connectivity index (χ2v) is 3.00. The Morgan fingerprint density at radius 1 is 1.47 bits per heavy atom. The molecule has 0 saturated heterocycles. The summed E-state index contributed by atoms with van der Waals surface area (Å²) in [5.41, 5.74) is 0.284. The van der Waals surface area contributed by atoms with Crippen LogP contribution in [0.2, 0.25) is 0 Å². The predicted molar refractivity (Wildman–Crippen MR) is 53.7 cm³/mol. The highest BCUT2D eigenvalue weighted by Crippen LogP contribution is 2.16. The van der Waals surface area contributed by atoms with Gasteiger partial charge in [-0.05, 0) is 12.1 Å². The van der Waals surface area contributed by atoms with Crippen molar-refractivity contribution < 1.29 is 9.53 Å². The largest absolute Gasteiger partial charge is 0.427 e. The van der Waals surface area contributed by atoms with Crippen LogP contribution in [0.1, 0.15) is 6.92 Å². The van der Waals surface area contributed by atoms with Crippen LogP contribution in [0.5, 0.6) is 5.75 Å². The van der Waals surface area contributed by atoms with Crippen LogP contribution in [0.25, 0.3) is 10.9 Å². The molecule has 0 radical (unpaired) electrons. The summed E-state index contributed by atoms with van der Waals surface area (Å²) in [6.07, 6.45) is 1.31. The van der Waals surface area contributed by atoms with Crippen molar-refractivity contribution in [2.45, 2.75) is 6.92 Å². The molecule has 0 aliphatic heterocycles. The summed E-state index contributed by atoms with van der Waals surface area (Å²) in [7, 11) is 0. The molecule has 0 unspecified atom stereocenters. The lowest BCUT2D eigenvalue weighted by atomic mass is 10.2. The zero-order chi connectivity index (χ0) is 10.8. The molecule has 1 N–H and O–H groups in total. The minimum absolute atomic E-state index is 0.214. The second kappa shape index (κ2) is 3.53. The minimum atomic E-state index is -0.404. The molecule has 5 heteroatoms. The van der Waals surface area contributed by atoms with Gasteiger partial charge >= 0.3 is 5.97 Å². The average molecular weight is 204 g/mol. The standard InChI is InChI=1S/C10H8N2O3/c1-6(13)15-7-2-3-8-9(4-7)11-5-12-10(8)14/h2-5H,1H3,(H,11,12,14). The Morgan fingerprint density at radius 2 is 2.27 bits per heavy atom. The Hall–Kier alpha value is -2.17. The van der Waals surface area contributed by atoms with Gasteiger partial charge in [-0.1, -0.05) is 0 Å². The van der Waals surface area contributed by atoms with Crippen molar-refractivity contribution in [3.05, 3.63) is 34.9 Å². The van der Waals surface area contributed by atoms with Gasteiger partial charge < -0.3 is 9.72 Å². The molecule has 15 heavy (non-hydrogen) atoms. The highest BCUT2D eigenvalue weighted by Gasteiger charge is 2.02. The van der Waals surface area contributed by atoms with Crippen molar-refractivity contribution in [1.29, 1.82) is 0 Å². The summed E-state index contributed by atoms with van der Waals surface area (Å²) in [4.78, 5) is 28.4. The fraction of sp³-hybridized carbons (Fsp3) is 0.100. The van der Waals surface area contributed by atoms with Gasteiger partial charge in [-0.25, -0.2) is 4.98 Å². The van der Waals surface area contributed by atoms with E-state index in [1.54, 1.807) is 18.2 Å². The van der Waals surface area contributed by atoms with E-state index in [0.29, 0.717) is 16.7 Å². The van der Waals surface area contributed by atoms with E-state index in [-0.39, 0.29) is 5.56 Å². The average Bonchev–Trinajstić information content (AvgIpc) is 2.17. The molecule has 0 bridgehead atoms. The van der Waals surface area contributed by atoms with Crippen LogP contribution in [-0.2, 0) is 4.79 Å². The number of benzene rings is 1. The van der Waals surface area contributed by atoms with Gasteiger partial charge in [-0.15, -0.1) is 0 Å². The van der Waals surface area contributed by atoms with Gasteiger partial charge in [0, 0.05) is 13.0 Å². The molecule has 2 rings (SSSR count). The van der Waals surface area contributed by atoms with Crippen LogP contribution in [0.4, 0.5) is 0 Å². The smallest absolute Gasteiger partial charge is 0.308 e. The number of rotatable bonds is 1. The normalized spacial score (nSPS) is 10.2. The van der Waals surface area contributed by atoms with Crippen molar-refractivity contribution >= 4 is 16.9 Å². The summed E-state index contributed by atoms with van der Waals surface area (Å²) >= 11 is 0. The van der Waals surface area contributed by atoms with Crippen molar-refractivity contribution in [1.82, 2.24) is 9.97 Å². The molecule has 0 fully saturated rings. The molecule has 1 heterocycles. The number of carbonyl (C=O) groups excluding carboxylic acids is 1. The van der Waals surface area contributed by atoms with Crippen LogP contribution < -0.4 is 10.3 Å². The van der Waals surface area contributed by atoms with Crippen molar-refractivity contribution in [2.75, 3.05) is 0 Å². The van der Waals surface area contributed by atoms with Crippen molar-refractivity contribution in [3.8, 4) is 5.75 Å². The Balaban J connectivity index is 2.57. The maximum Gasteiger partial charge on any atom is 0.308 e. The number of nitrogens with zero attached hydrogens (tertiary/aromatic N) is 1. The number of hydrogen-bond acceptors (Lipinski definition) is 4. The number of nitrogens with one attached hydrogen (secondary N) is 1. The highest BCUT2D eigenvalue weighted by molar-refractivity contribution is 5.80. The molecule has 0 saturated carbocycles. The molecular weight excluding hydrogens is 196 g/mol. The van der Waals surface area contributed by atoms with Gasteiger partial charge in [-0.3, -0.25) is 9.59 Å². The number of H-pyrrole nitrogens is 1. The third kappa shape index (κ3) is 1.85. The molecule has 5 nitrogen and oxygen atoms in total. The third-order valence-corrected chi connectivity index (χ3v) is 1.87. The van der Waals surface area contributed by atoms with Gasteiger partial charge in [0.2, 0.25) is 0 Å². The molecule has 1 aromatic carbocycles. The molecule has 0 spiro atoms. The number of aromatic nitrogens is 2. The van der Waals surface area contributed by atoms with Crippen LogP contribution in [-0.4, -0.2) is 15.9 Å². The Labute approximate surface area is 84.7 Å². The topological polar surface area (TPSA) is 72.1 Å². The van der Waals surface area contributed by atoms with E-state index in [4.69, 9.17) is 4.74 Å². The van der Waals surface area contributed by atoms with Gasteiger partial charge in [0.25, 0.3) is 5.56 Å². The molecule has 0 atom stereocenters. The first-order valence-corrected chi connectivity index (χ1v) is 4.33. The van der Waals surface area contributed by atoms with E-state index < -0.39 is 5.97 Å². The van der Waals surface area contributed by atoms with E-state index in [1.807, 2.05) is 0 Å². The zero-order valence-corrected chi connectivity index (χ0v) is 7.98. The third-order valence-electron chi connectivity index (χ3n) is 1.87. The van der Waals surface area contributed by atoms with E-state index in [9.17, 15) is 9.59 Å². The number of fused-ring (bicyclic) bond motifs is 1. The first kappa shape index (κ1) is 9.39. The lowest BCUT2D eigenvalue weighted by Gasteiger charge is -2.01. The van der Waals surface area contributed by atoms with Crippen molar-refractivity contribution in [3.63, 3.8) is 0 Å². The number of esters is 1. The van der Waals surface area contributed by atoms with Crippen LogP contribution in [0.15, 0.2) is 29.3 Å². The van der Waals surface area contributed by atoms with Crippen LogP contribution in [0, 0.1) is 0 Å². The maximum atomic E-state index is 11.3. The summed E-state index contributed by atoms with van der Waals surface area (Å²) in [5, 5.41) is 0.466. The Bertz CT molecular complexity index is 574. The van der Waals surface area contributed by atoms with Crippen LogP contribution >= 0.6 is 0 Å². The van der Waals surface area contributed by atoms with Crippen molar-refractivity contribution in [2.24, 2.45) is 0 Å². The van der Waals surface area contributed by atoms with E-state index in [0.717, 1.165) is 0 Å². The summed E-state index contributed by atoms with van der Waals surface area (Å²) in [6, 6.07) is 4.67. The lowest BCUT2D eigenvalue weighted by molar-refractivity contribution is -0.131. The summed E-state index contributed by atoms with van der Waals surface area (Å²) in [6.45, 7) is 1.31. The quantitative estimate of drug-likeness (QED) is 0.552. The minimum Gasteiger partial charge on any atom is -0.427 e. The van der Waals surface area contributed by atoms with Gasteiger partial charge in [-0.2, -0.15) is 0 Å². The molecular formula is C10H8N2O3. The van der Waals surface area contributed by atoms with E-state index in [2.05, 4.69) is 9.97 Å². The molecule has 0 aliphatic rings. The molecule has 1 aromatic heterocycles. The van der Waals surface area contributed by atoms with Gasteiger partial charge in [0.15, 0.2) is 0 Å².